The van der Waals surface area contributed by atoms with Crippen molar-refractivity contribution in [2.75, 3.05) is 39.3 Å². The predicted octanol–water partition coefficient (Wildman–Crippen LogP) is 3.28. The van der Waals surface area contributed by atoms with Crippen LogP contribution in [0.3, 0.4) is 0 Å². The lowest BCUT2D eigenvalue weighted by atomic mass is 9.60. The fourth-order valence-corrected chi connectivity index (χ4v) is 6.12. The summed E-state index contributed by atoms with van der Waals surface area (Å²) >= 11 is 0. The highest BCUT2D eigenvalue weighted by molar-refractivity contribution is 5.94. The summed E-state index contributed by atoms with van der Waals surface area (Å²) < 4.78 is 0. The van der Waals surface area contributed by atoms with Crippen LogP contribution in [0.15, 0.2) is 70.6 Å². The second-order valence-corrected chi connectivity index (χ2v) is 9.54. The van der Waals surface area contributed by atoms with Gasteiger partial charge in [0.2, 0.25) is 11.8 Å². The van der Waals surface area contributed by atoms with Gasteiger partial charge >= 0.3 is 0 Å². The number of likely N-dealkylation sites (N-methyl/N-ethyl adjacent to an activating group) is 1. The predicted molar refractivity (Wildman–Crippen MR) is 128 cm³/mol. The molecule has 6 heteroatoms. The number of aliphatic hydroxyl groups is 1. The maximum atomic E-state index is 14.5. The van der Waals surface area contributed by atoms with Gasteiger partial charge in [-0.1, -0.05) is 38.2 Å². The molecule has 2 atom stereocenters. The first-order chi connectivity index (χ1) is 16.0. The van der Waals surface area contributed by atoms with Crippen molar-refractivity contribution in [3.8, 4) is 0 Å². The molecular formula is C27H33N3O3. The molecule has 2 fully saturated rings. The molecule has 2 amide bonds. The van der Waals surface area contributed by atoms with Crippen LogP contribution in [0.25, 0.3) is 0 Å². The summed E-state index contributed by atoms with van der Waals surface area (Å²) in [6, 6.07) is -0.368. The van der Waals surface area contributed by atoms with Crippen LogP contribution in [-0.2, 0) is 9.59 Å². The zero-order valence-electron chi connectivity index (χ0n) is 19.6. The number of fused-ring (bicyclic) bond motifs is 3. The Bertz CT molecular complexity index is 1050. The van der Waals surface area contributed by atoms with Crippen LogP contribution in [0, 0.1) is 5.41 Å². The Morgan fingerprint density at radius 3 is 2.64 bits per heavy atom. The van der Waals surface area contributed by atoms with Crippen molar-refractivity contribution in [2.24, 2.45) is 5.41 Å². The number of carbonyl (C=O) groups is 2. The average molecular weight is 448 g/mol. The van der Waals surface area contributed by atoms with Gasteiger partial charge in [-0.05, 0) is 59.9 Å². The van der Waals surface area contributed by atoms with E-state index in [0.717, 1.165) is 48.3 Å². The highest BCUT2D eigenvalue weighted by Gasteiger charge is 2.58. The summed E-state index contributed by atoms with van der Waals surface area (Å²) in [6.07, 6.45) is 15.2. The molecule has 2 saturated heterocycles. The molecule has 33 heavy (non-hydrogen) atoms. The van der Waals surface area contributed by atoms with Gasteiger partial charge in [0, 0.05) is 39.1 Å². The molecule has 0 spiro atoms. The highest BCUT2D eigenvalue weighted by atomic mass is 16.3. The number of piperazine rings is 1. The van der Waals surface area contributed by atoms with Gasteiger partial charge in [0.05, 0.1) is 11.5 Å². The standard InChI is InChI=1S/C27H33N3O3/c1-3-12-30-24(32)10-11-27(26(33)29-15-13-28(4-2)14-16-29)20-7-5-6-19-17-21(31)8-9-22(25(27)30)23(19)18-20/h5-9,17-18,25,31H,3-4,10-16H2,1-2H3. The summed E-state index contributed by atoms with van der Waals surface area (Å²) in [7, 11) is 0. The molecule has 0 aromatic rings. The van der Waals surface area contributed by atoms with E-state index in [4.69, 9.17) is 0 Å². The smallest absolute Gasteiger partial charge is 0.235 e. The summed E-state index contributed by atoms with van der Waals surface area (Å²) in [5.41, 5.74) is 3.04. The molecule has 0 aromatic heterocycles. The summed E-state index contributed by atoms with van der Waals surface area (Å²) in [5, 5.41) is 10.4. The van der Waals surface area contributed by atoms with E-state index in [1.54, 1.807) is 12.2 Å². The molecule has 2 heterocycles. The SMILES string of the molecule is CCCN1C(=O)CCC2(C(=O)N3CCN(CC)CC3)C3=CC4=C(C=CC(O)=CC4=CC=C3)C12. The van der Waals surface area contributed by atoms with Crippen LogP contribution in [0.4, 0.5) is 0 Å². The van der Waals surface area contributed by atoms with Crippen molar-refractivity contribution < 1.29 is 14.7 Å². The Morgan fingerprint density at radius 2 is 1.91 bits per heavy atom. The first-order valence-electron chi connectivity index (χ1n) is 12.2. The minimum Gasteiger partial charge on any atom is -0.508 e. The number of hydrogen-bond donors (Lipinski definition) is 1. The van der Waals surface area contributed by atoms with Gasteiger partial charge in [0.15, 0.2) is 0 Å². The lowest BCUT2D eigenvalue weighted by Crippen LogP contribution is -2.64. The molecule has 6 nitrogen and oxygen atoms in total. The van der Waals surface area contributed by atoms with E-state index in [0.29, 0.717) is 32.5 Å². The minimum atomic E-state index is -0.805. The van der Waals surface area contributed by atoms with Gasteiger partial charge in [0.1, 0.15) is 5.76 Å². The highest BCUT2D eigenvalue weighted by Crippen LogP contribution is 2.53. The topological polar surface area (TPSA) is 64.1 Å². The Kier molecular flexibility index (Phi) is 5.65. The van der Waals surface area contributed by atoms with Crippen LogP contribution < -0.4 is 0 Å². The van der Waals surface area contributed by atoms with Crippen molar-refractivity contribution in [2.45, 2.75) is 39.2 Å². The number of piperidine rings is 1. The van der Waals surface area contributed by atoms with Crippen LogP contribution in [-0.4, -0.2) is 76.9 Å². The first-order valence-corrected chi connectivity index (χ1v) is 12.2. The molecule has 174 valence electrons. The third-order valence-electron chi connectivity index (χ3n) is 7.81. The molecule has 5 rings (SSSR count). The average Bonchev–Trinajstić information content (AvgIpc) is 3.10. The lowest BCUT2D eigenvalue weighted by Gasteiger charge is -2.54. The lowest BCUT2D eigenvalue weighted by molar-refractivity contribution is -0.154. The number of nitrogens with zero attached hydrogens (tertiary/aromatic N) is 3. The van der Waals surface area contributed by atoms with Crippen LogP contribution >= 0.6 is 0 Å². The molecule has 0 saturated carbocycles. The Hall–Kier alpha value is -2.86. The van der Waals surface area contributed by atoms with Crippen molar-refractivity contribution in [3.63, 3.8) is 0 Å². The van der Waals surface area contributed by atoms with Gasteiger partial charge in [0.25, 0.3) is 0 Å². The Balaban J connectivity index is 1.66. The van der Waals surface area contributed by atoms with Gasteiger partial charge in [-0.2, -0.15) is 0 Å². The van der Waals surface area contributed by atoms with E-state index in [1.165, 1.54) is 0 Å². The quantitative estimate of drug-likeness (QED) is 0.718. The van der Waals surface area contributed by atoms with E-state index in [-0.39, 0.29) is 23.6 Å². The number of carbonyl (C=O) groups excluding carboxylic acids is 2. The second kappa shape index (κ2) is 8.49. The van der Waals surface area contributed by atoms with Crippen molar-refractivity contribution in [3.05, 3.63) is 70.6 Å². The van der Waals surface area contributed by atoms with E-state index in [2.05, 4.69) is 24.8 Å². The molecule has 5 aliphatic rings. The molecule has 2 bridgehead atoms. The summed E-state index contributed by atoms with van der Waals surface area (Å²) in [4.78, 5) is 34.0. The second-order valence-electron chi connectivity index (χ2n) is 9.54. The van der Waals surface area contributed by atoms with E-state index in [9.17, 15) is 14.7 Å². The van der Waals surface area contributed by atoms with Crippen LogP contribution in [0.1, 0.15) is 33.1 Å². The fourth-order valence-electron chi connectivity index (χ4n) is 6.12. The molecule has 1 N–H and O–H groups in total. The van der Waals surface area contributed by atoms with E-state index >= 15 is 0 Å². The molecule has 2 aliphatic heterocycles. The Labute approximate surface area is 195 Å². The molecular weight excluding hydrogens is 414 g/mol. The fraction of sp³-hybridized carbons (Fsp3) is 0.481. The zero-order valence-corrected chi connectivity index (χ0v) is 19.6. The normalized spacial score (nSPS) is 29.2. The van der Waals surface area contributed by atoms with Gasteiger partial charge in [-0.15, -0.1) is 0 Å². The first kappa shape index (κ1) is 22.0. The number of allylic oxidation sites excluding steroid dienone is 8. The number of hydrogen-bond acceptors (Lipinski definition) is 4. The Morgan fingerprint density at radius 1 is 1.12 bits per heavy atom. The third kappa shape index (κ3) is 3.43. The van der Waals surface area contributed by atoms with Crippen molar-refractivity contribution in [1.82, 2.24) is 14.7 Å². The molecule has 0 aromatic carbocycles. The monoisotopic (exact) mass is 447 g/mol. The summed E-state index contributed by atoms with van der Waals surface area (Å²) in [5.74, 6) is 0.424. The zero-order chi connectivity index (χ0) is 23.2. The maximum absolute atomic E-state index is 14.5. The van der Waals surface area contributed by atoms with Gasteiger partial charge in [-0.25, -0.2) is 0 Å². The van der Waals surface area contributed by atoms with Gasteiger partial charge < -0.3 is 19.8 Å². The minimum absolute atomic E-state index is 0.109. The van der Waals surface area contributed by atoms with Crippen molar-refractivity contribution >= 4 is 11.8 Å². The van der Waals surface area contributed by atoms with Crippen molar-refractivity contribution in [1.29, 1.82) is 0 Å². The molecule has 3 aliphatic carbocycles. The largest absolute Gasteiger partial charge is 0.508 e. The molecule has 2 unspecified atom stereocenters. The number of amides is 2. The van der Waals surface area contributed by atoms with Gasteiger partial charge in [-0.3, -0.25) is 9.59 Å². The number of rotatable bonds is 4. The number of likely N-dealkylation sites (tertiary alicyclic amines) is 1. The molecule has 0 radical (unpaired) electrons. The van der Waals surface area contributed by atoms with Crippen LogP contribution in [0.5, 0.6) is 0 Å². The van der Waals surface area contributed by atoms with E-state index in [1.807, 2.05) is 34.1 Å². The third-order valence-corrected chi connectivity index (χ3v) is 7.81. The van der Waals surface area contributed by atoms with E-state index < -0.39 is 5.41 Å². The van der Waals surface area contributed by atoms with Crippen LogP contribution in [0.2, 0.25) is 0 Å². The maximum Gasteiger partial charge on any atom is 0.235 e. The number of aliphatic hydroxyl groups excluding tert-OH is 1. The summed E-state index contributed by atoms with van der Waals surface area (Å²) in [6.45, 7) is 9.03.